The van der Waals surface area contributed by atoms with Crippen LogP contribution in [0, 0.1) is 0 Å². The zero-order valence-corrected chi connectivity index (χ0v) is 9.03. The van der Waals surface area contributed by atoms with Crippen LogP contribution in [0.15, 0.2) is 36.5 Å². The number of nitrogens with zero attached hydrogens (tertiary/aromatic N) is 1. The second kappa shape index (κ2) is 4.61. The number of likely N-dealkylation sites (N-methyl/N-ethyl adjacent to an activating group) is 1. The number of carbonyl (C=O) groups excluding carboxylic acids is 1. The standard InChI is InChI=1S/C12H13N3O/c1-13-12(16)8-15-11-6-7-14-10-5-3-2-4-9(10)11/h2-7H,8H2,1H3,(H,13,16)(H,14,15). The predicted molar refractivity (Wildman–Crippen MR) is 64.3 cm³/mol. The molecule has 0 aliphatic carbocycles. The first-order chi connectivity index (χ1) is 7.81. The number of benzene rings is 1. The van der Waals surface area contributed by atoms with E-state index in [4.69, 9.17) is 0 Å². The summed E-state index contributed by atoms with van der Waals surface area (Å²) in [4.78, 5) is 15.4. The molecule has 82 valence electrons. The van der Waals surface area contributed by atoms with Crippen molar-refractivity contribution in [2.24, 2.45) is 0 Å². The molecule has 0 atom stereocenters. The van der Waals surface area contributed by atoms with E-state index in [9.17, 15) is 4.79 Å². The van der Waals surface area contributed by atoms with Gasteiger partial charge < -0.3 is 10.6 Å². The molecule has 0 bridgehead atoms. The Kier molecular flexibility index (Phi) is 3.00. The quantitative estimate of drug-likeness (QED) is 0.813. The zero-order valence-electron chi connectivity index (χ0n) is 9.03. The molecule has 16 heavy (non-hydrogen) atoms. The molecule has 0 spiro atoms. The maximum atomic E-state index is 11.1. The van der Waals surface area contributed by atoms with Crippen LogP contribution in [-0.2, 0) is 4.79 Å². The van der Waals surface area contributed by atoms with E-state index in [1.165, 1.54) is 0 Å². The summed E-state index contributed by atoms with van der Waals surface area (Å²) in [6, 6.07) is 9.69. The van der Waals surface area contributed by atoms with Crippen LogP contribution in [0.25, 0.3) is 10.9 Å². The van der Waals surface area contributed by atoms with Gasteiger partial charge in [-0.2, -0.15) is 0 Å². The highest BCUT2D eigenvalue weighted by molar-refractivity contribution is 5.92. The Bertz CT molecular complexity index is 505. The van der Waals surface area contributed by atoms with Gasteiger partial charge in [-0.3, -0.25) is 9.78 Å². The second-order valence-corrected chi connectivity index (χ2v) is 3.40. The van der Waals surface area contributed by atoms with E-state index in [-0.39, 0.29) is 12.5 Å². The third-order valence-corrected chi connectivity index (χ3v) is 2.37. The van der Waals surface area contributed by atoms with Gasteiger partial charge in [-0.25, -0.2) is 0 Å². The van der Waals surface area contributed by atoms with Crippen molar-refractivity contribution in [2.45, 2.75) is 0 Å². The number of carbonyl (C=O) groups is 1. The topological polar surface area (TPSA) is 54.0 Å². The first-order valence-corrected chi connectivity index (χ1v) is 5.09. The number of amides is 1. The summed E-state index contributed by atoms with van der Waals surface area (Å²) >= 11 is 0. The summed E-state index contributed by atoms with van der Waals surface area (Å²) in [5.41, 5.74) is 1.85. The number of pyridine rings is 1. The SMILES string of the molecule is CNC(=O)CNc1ccnc2ccccc12. The summed E-state index contributed by atoms with van der Waals surface area (Å²) in [5.74, 6) is -0.0408. The largest absolute Gasteiger partial charge is 0.376 e. The summed E-state index contributed by atoms with van der Waals surface area (Å²) in [6.45, 7) is 0.268. The van der Waals surface area contributed by atoms with Gasteiger partial charge in [-0.05, 0) is 12.1 Å². The molecule has 1 aromatic heterocycles. The molecule has 2 rings (SSSR count). The maximum Gasteiger partial charge on any atom is 0.239 e. The minimum atomic E-state index is -0.0408. The molecule has 4 nitrogen and oxygen atoms in total. The highest BCUT2D eigenvalue weighted by Crippen LogP contribution is 2.20. The monoisotopic (exact) mass is 215 g/mol. The van der Waals surface area contributed by atoms with Crippen LogP contribution < -0.4 is 10.6 Å². The molecule has 4 heteroatoms. The molecule has 0 unspecified atom stereocenters. The molecule has 0 aliphatic heterocycles. The second-order valence-electron chi connectivity index (χ2n) is 3.40. The van der Waals surface area contributed by atoms with Crippen LogP contribution >= 0.6 is 0 Å². The van der Waals surface area contributed by atoms with Crippen molar-refractivity contribution in [3.05, 3.63) is 36.5 Å². The van der Waals surface area contributed by atoms with Crippen molar-refractivity contribution in [3.8, 4) is 0 Å². The molecule has 0 fully saturated rings. The first-order valence-electron chi connectivity index (χ1n) is 5.09. The Morgan fingerprint density at radius 1 is 1.31 bits per heavy atom. The van der Waals surface area contributed by atoms with Gasteiger partial charge >= 0.3 is 0 Å². The minimum Gasteiger partial charge on any atom is -0.376 e. The lowest BCUT2D eigenvalue weighted by Crippen LogP contribution is -2.26. The van der Waals surface area contributed by atoms with E-state index < -0.39 is 0 Å². The third-order valence-electron chi connectivity index (χ3n) is 2.37. The van der Waals surface area contributed by atoms with Gasteiger partial charge in [0, 0.05) is 24.3 Å². The van der Waals surface area contributed by atoms with Crippen molar-refractivity contribution in [1.29, 1.82) is 0 Å². The molecule has 0 saturated carbocycles. The van der Waals surface area contributed by atoms with Gasteiger partial charge in [-0.1, -0.05) is 18.2 Å². The van der Waals surface area contributed by atoms with Crippen molar-refractivity contribution in [3.63, 3.8) is 0 Å². The Balaban J connectivity index is 2.27. The molecule has 2 N–H and O–H groups in total. The molecular weight excluding hydrogens is 202 g/mol. The van der Waals surface area contributed by atoms with Gasteiger partial charge in [0.25, 0.3) is 0 Å². The lowest BCUT2D eigenvalue weighted by molar-refractivity contribution is -0.118. The summed E-state index contributed by atoms with van der Waals surface area (Å²) < 4.78 is 0. The van der Waals surface area contributed by atoms with Gasteiger partial charge in [0.1, 0.15) is 0 Å². The van der Waals surface area contributed by atoms with Crippen LogP contribution in [0.2, 0.25) is 0 Å². The van der Waals surface area contributed by atoms with Crippen molar-refractivity contribution in [1.82, 2.24) is 10.3 Å². The smallest absolute Gasteiger partial charge is 0.239 e. The van der Waals surface area contributed by atoms with Crippen molar-refractivity contribution >= 4 is 22.5 Å². The minimum absolute atomic E-state index is 0.0408. The Morgan fingerprint density at radius 2 is 2.12 bits per heavy atom. The van der Waals surface area contributed by atoms with E-state index >= 15 is 0 Å². The van der Waals surface area contributed by atoms with Crippen molar-refractivity contribution < 1.29 is 4.79 Å². The average molecular weight is 215 g/mol. The molecule has 1 aromatic carbocycles. The summed E-state index contributed by atoms with van der Waals surface area (Å²) in [7, 11) is 1.62. The van der Waals surface area contributed by atoms with Gasteiger partial charge in [0.05, 0.1) is 12.1 Å². The molecular formula is C12H13N3O. The Labute approximate surface area is 93.7 Å². The lowest BCUT2D eigenvalue weighted by Gasteiger charge is -2.08. The first kappa shape index (κ1) is 10.4. The van der Waals surface area contributed by atoms with E-state index in [1.807, 2.05) is 30.3 Å². The van der Waals surface area contributed by atoms with Gasteiger partial charge in [0.2, 0.25) is 5.91 Å². The van der Waals surface area contributed by atoms with Crippen LogP contribution in [-0.4, -0.2) is 24.5 Å². The van der Waals surface area contributed by atoms with Crippen molar-refractivity contribution in [2.75, 3.05) is 18.9 Å². The zero-order chi connectivity index (χ0) is 11.4. The number of fused-ring (bicyclic) bond motifs is 1. The number of aromatic nitrogens is 1. The van der Waals surface area contributed by atoms with Gasteiger partial charge in [0.15, 0.2) is 0 Å². The average Bonchev–Trinajstić information content (AvgIpc) is 2.35. The number of hydrogen-bond donors (Lipinski definition) is 2. The number of rotatable bonds is 3. The predicted octanol–water partition coefficient (Wildman–Crippen LogP) is 1.39. The van der Waals surface area contributed by atoms with Crippen LogP contribution in [0.1, 0.15) is 0 Å². The van der Waals surface area contributed by atoms with Crippen LogP contribution in [0.3, 0.4) is 0 Å². The van der Waals surface area contributed by atoms with E-state index in [0.29, 0.717) is 0 Å². The molecule has 0 aliphatic rings. The number of anilines is 1. The van der Waals surface area contributed by atoms with E-state index in [1.54, 1.807) is 13.2 Å². The fourth-order valence-corrected chi connectivity index (χ4v) is 1.51. The molecule has 0 saturated heterocycles. The molecule has 1 amide bonds. The van der Waals surface area contributed by atoms with E-state index in [2.05, 4.69) is 15.6 Å². The fraction of sp³-hybridized carbons (Fsp3) is 0.167. The van der Waals surface area contributed by atoms with Gasteiger partial charge in [-0.15, -0.1) is 0 Å². The normalized spacial score (nSPS) is 10.1. The maximum absolute atomic E-state index is 11.1. The Morgan fingerprint density at radius 3 is 2.94 bits per heavy atom. The molecule has 0 radical (unpaired) electrons. The molecule has 1 heterocycles. The highest BCUT2D eigenvalue weighted by atomic mass is 16.1. The van der Waals surface area contributed by atoms with Crippen LogP contribution in [0.5, 0.6) is 0 Å². The Hall–Kier alpha value is -2.10. The summed E-state index contributed by atoms with van der Waals surface area (Å²) in [5, 5.41) is 6.67. The number of nitrogens with one attached hydrogen (secondary N) is 2. The third kappa shape index (κ3) is 2.11. The number of para-hydroxylation sites is 1. The summed E-state index contributed by atoms with van der Waals surface area (Å²) in [6.07, 6.45) is 1.73. The highest BCUT2D eigenvalue weighted by Gasteiger charge is 2.02. The number of hydrogen-bond acceptors (Lipinski definition) is 3. The van der Waals surface area contributed by atoms with Crippen LogP contribution in [0.4, 0.5) is 5.69 Å². The molecule has 2 aromatic rings. The van der Waals surface area contributed by atoms with E-state index in [0.717, 1.165) is 16.6 Å². The lowest BCUT2D eigenvalue weighted by atomic mass is 10.2. The fourth-order valence-electron chi connectivity index (χ4n) is 1.51.